The van der Waals surface area contributed by atoms with Crippen molar-refractivity contribution in [3.63, 3.8) is 0 Å². The molecule has 0 spiro atoms. The van der Waals surface area contributed by atoms with Gasteiger partial charge in [0.2, 0.25) is 15.8 Å². The minimum Gasteiger partial charge on any atom is -0.379 e. The maximum atomic E-state index is 12.6. The number of nitrogens with zero attached hydrogens (tertiary/aromatic N) is 5. The molecule has 1 N–H and O–H groups in total. The number of halogens is 1. The van der Waals surface area contributed by atoms with Gasteiger partial charge in [0.15, 0.2) is 5.82 Å². The van der Waals surface area contributed by atoms with Crippen LogP contribution in [0.15, 0.2) is 10.7 Å². The summed E-state index contributed by atoms with van der Waals surface area (Å²) in [5, 5.41) is 10.5. The zero-order chi connectivity index (χ0) is 19.9. The van der Waals surface area contributed by atoms with Crippen molar-refractivity contribution >= 4 is 31.8 Å². The fourth-order valence-corrected chi connectivity index (χ4v) is 4.15. The Morgan fingerprint density at radius 2 is 2.15 bits per heavy atom. The number of ether oxygens (including phenoxy) is 1. The molecule has 1 saturated heterocycles. The molecule has 0 atom stereocenters. The molecule has 0 amide bonds. The molecule has 0 saturated carbocycles. The highest BCUT2D eigenvalue weighted by atomic mass is 79.9. The van der Waals surface area contributed by atoms with Crippen molar-refractivity contribution in [2.75, 3.05) is 50.2 Å². The second-order valence-corrected chi connectivity index (χ2v) is 9.37. The molecule has 9 nitrogen and oxygen atoms in total. The van der Waals surface area contributed by atoms with E-state index in [0.717, 1.165) is 13.1 Å². The summed E-state index contributed by atoms with van der Waals surface area (Å²) in [5.41, 5.74) is 0. The molecule has 1 aromatic rings. The lowest BCUT2D eigenvalue weighted by Crippen LogP contribution is -2.46. The van der Waals surface area contributed by atoms with Gasteiger partial charge in [0.1, 0.15) is 6.07 Å². The molecule has 11 heteroatoms. The third-order valence-electron chi connectivity index (χ3n) is 3.87. The van der Waals surface area contributed by atoms with Crippen LogP contribution in [0.4, 0.5) is 5.82 Å². The first-order valence-corrected chi connectivity index (χ1v) is 11.3. The van der Waals surface area contributed by atoms with Gasteiger partial charge in [-0.2, -0.15) is 10.2 Å². The quantitative estimate of drug-likeness (QED) is 0.545. The van der Waals surface area contributed by atoms with Gasteiger partial charge in [0, 0.05) is 25.8 Å². The maximum Gasteiger partial charge on any atom is 0.234 e. The van der Waals surface area contributed by atoms with E-state index >= 15 is 0 Å². The van der Waals surface area contributed by atoms with Crippen molar-refractivity contribution in [3.05, 3.63) is 16.5 Å². The van der Waals surface area contributed by atoms with Crippen LogP contribution in [0.25, 0.3) is 0 Å². The number of hydrazine groups is 1. The molecule has 0 aliphatic carbocycles. The Balaban J connectivity index is 2.04. The van der Waals surface area contributed by atoms with Gasteiger partial charge in [-0.05, 0) is 34.8 Å². The van der Waals surface area contributed by atoms with Gasteiger partial charge in [0.25, 0.3) is 0 Å². The van der Waals surface area contributed by atoms with E-state index < -0.39 is 10.0 Å². The molecule has 0 bridgehead atoms. The van der Waals surface area contributed by atoms with Crippen molar-refractivity contribution in [3.8, 4) is 6.07 Å². The third-order valence-corrected chi connectivity index (χ3v) is 5.75. The van der Waals surface area contributed by atoms with Gasteiger partial charge in [-0.1, -0.05) is 13.8 Å². The minimum absolute atomic E-state index is 0.00671. The highest BCUT2D eigenvalue weighted by Crippen LogP contribution is 2.23. The van der Waals surface area contributed by atoms with Crippen LogP contribution >= 0.6 is 15.9 Å². The van der Waals surface area contributed by atoms with E-state index in [2.05, 4.69) is 35.6 Å². The third kappa shape index (κ3) is 7.31. The Morgan fingerprint density at radius 1 is 1.44 bits per heavy atom. The number of morpholine rings is 1. The van der Waals surface area contributed by atoms with Crippen molar-refractivity contribution < 1.29 is 13.2 Å². The van der Waals surface area contributed by atoms with Gasteiger partial charge >= 0.3 is 0 Å². The van der Waals surface area contributed by atoms with E-state index in [4.69, 9.17) is 10.00 Å². The Kier molecular flexibility index (Phi) is 8.37. The van der Waals surface area contributed by atoms with E-state index in [9.17, 15) is 8.42 Å². The van der Waals surface area contributed by atoms with Crippen LogP contribution in [0.1, 0.15) is 26.1 Å². The number of hydrogen-bond acceptors (Lipinski definition) is 8. The highest BCUT2D eigenvalue weighted by molar-refractivity contribution is 9.10. The molecule has 2 heterocycles. The number of aromatic nitrogens is 2. The van der Waals surface area contributed by atoms with Gasteiger partial charge in [-0.3, -0.25) is 9.91 Å². The van der Waals surface area contributed by atoms with Crippen LogP contribution in [-0.4, -0.2) is 68.4 Å². The lowest BCUT2D eigenvalue weighted by Gasteiger charge is -2.28. The van der Waals surface area contributed by atoms with Crippen LogP contribution in [-0.2, 0) is 14.8 Å². The fraction of sp³-hybridized carbons (Fsp3) is 0.688. The standard InChI is InChI=1S/C16H25BrN6O3S/c1-13(2)12-23(16-14(17)11-19-15(10-18)20-16)21-27(24,25)9-3-4-22-5-7-26-8-6-22/h11,13,21H,3-9,12H2,1-2H3. The predicted octanol–water partition coefficient (Wildman–Crippen LogP) is 1.13. The number of hydrogen-bond donors (Lipinski definition) is 1. The van der Waals surface area contributed by atoms with Crippen LogP contribution < -0.4 is 9.84 Å². The van der Waals surface area contributed by atoms with Crippen molar-refractivity contribution in [1.82, 2.24) is 19.7 Å². The van der Waals surface area contributed by atoms with Gasteiger partial charge in [-0.15, -0.1) is 4.83 Å². The van der Waals surface area contributed by atoms with Gasteiger partial charge in [-0.25, -0.2) is 13.4 Å². The number of anilines is 1. The molecule has 1 aliphatic rings. The molecule has 2 rings (SSSR count). The Labute approximate surface area is 168 Å². The summed E-state index contributed by atoms with van der Waals surface area (Å²) in [6.45, 7) is 8.11. The molecule has 1 aliphatic heterocycles. The lowest BCUT2D eigenvalue weighted by atomic mass is 10.2. The zero-order valence-corrected chi connectivity index (χ0v) is 18.0. The summed E-state index contributed by atoms with van der Waals surface area (Å²) in [4.78, 5) is 12.8. The molecule has 0 aromatic carbocycles. The highest BCUT2D eigenvalue weighted by Gasteiger charge is 2.21. The number of rotatable bonds is 9. The number of sulfonamides is 1. The molecule has 27 heavy (non-hydrogen) atoms. The van der Waals surface area contributed by atoms with Crippen LogP contribution in [0.3, 0.4) is 0 Å². The summed E-state index contributed by atoms with van der Waals surface area (Å²) in [7, 11) is -3.56. The first-order valence-electron chi connectivity index (χ1n) is 8.81. The van der Waals surface area contributed by atoms with Crippen LogP contribution in [0, 0.1) is 17.2 Å². The summed E-state index contributed by atoms with van der Waals surface area (Å²) < 4.78 is 31.0. The SMILES string of the molecule is CC(C)CN(NS(=O)(=O)CCCN1CCOCC1)c1nc(C#N)ncc1Br. The number of nitriles is 1. The van der Waals surface area contributed by atoms with Crippen molar-refractivity contribution in [2.45, 2.75) is 20.3 Å². The second kappa shape index (κ2) is 10.3. The van der Waals surface area contributed by atoms with E-state index in [1.807, 2.05) is 19.9 Å². The van der Waals surface area contributed by atoms with Gasteiger partial charge < -0.3 is 4.74 Å². The lowest BCUT2D eigenvalue weighted by molar-refractivity contribution is 0.0381. The molecule has 150 valence electrons. The first kappa shape index (κ1) is 22.0. The molecular weight excluding hydrogens is 436 g/mol. The van der Waals surface area contributed by atoms with Crippen LogP contribution in [0.5, 0.6) is 0 Å². The molecule has 1 aromatic heterocycles. The van der Waals surface area contributed by atoms with Crippen molar-refractivity contribution in [1.29, 1.82) is 5.26 Å². The zero-order valence-electron chi connectivity index (χ0n) is 15.6. The summed E-state index contributed by atoms with van der Waals surface area (Å²) in [5.74, 6) is 0.487. The topological polar surface area (TPSA) is 111 Å². The van der Waals surface area contributed by atoms with E-state index in [1.165, 1.54) is 11.2 Å². The maximum absolute atomic E-state index is 12.6. The predicted molar refractivity (Wildman–Crippen MR) is 105 cm³/mol. The second-order valence-electron chi connectivity index (χ2n) is 6.70. The normalized spacial score (nSPS) is 15.7. The fourth-order valence-electron chi connectivity index (χ4n) is 2.65. The Morgan fingerprint density at radius 3 is 2.78 bits per heavy atom. The summed E-state index contributed by atoms with van der Waals surface area (Å²) in [6.07, 6.45) is 1.97. The average Bonchev–Trinajstić information content (AvgIpc) is 2.61. The number of nitrogens with one attached hydrogen (secondary N) is 1. The van der Waals surface area contributed by atoms with E-state index in [1.54, 1.807) is 0 Å². The molecular formula is C16H25BrN6O3S. The van der Waals surface area contributed by atoms with E-state index in [-0.39, 0.29) is 17.5 Å². The Hall–Kier alpha value is -1.32. The summed E-state index contributed by atoms with van der Waals surface area (Å²) >= 11 is 3.33. The average molecular weight is 461 g/mol. The molecule has 0 unspecified atom stereocenters. The minimum atomic E-state index is -3.56. The molecule has 1 fully saturated rings. The monoisotopic (exact) mass is 460 g/mol. The first-order chi connectivity index (χ1) is 12.8. The van der Waals surface area contributed by atoms with Gasteiger partial charge in [0.05, 0.1) is 23.4 Å². The van der Waals surface area contributed by atoms with Crippen LogP contribution in [0.2, 0.25) is 0 Å². The van der Waals surface area contributed by atoms with E-state index in [0.29, 0.717) is 43.0 Å². The summed E-state index contributed by atoms with van der Waals surface area (Å²) in [6, 6.07) is 1.87. The van der Waals surface area contributed by atoms with Crippen molar-refractivity contribution in [2.24, 2.45) is 5.92 Å². The smallest absolute Gasteiger partial charge is 0.234 e. The Bertz CT molecular complexity index is 762. The largest absolute Gasteiger partial charge is 0.379 e. The molecule has 0 radical (unpaired) electrons.